The van der Waals surface area contributed by atoms with Gasteiger partial charge < -0.3 is 19.7 Å². The van der Waals surface area contributed by atoms with Crippen molar-refractivity contribution in [3.63, 3.8) is 0 Å². The van der Waals surface area contributed by atoms with Crippen LogP contribution in [0.5, 0.6) is 0 Å². The summed E-state index contributed by atoms with van der Waals surface area (Å²) in [6.07, 6.45) is 13.1. The highest BCUT2D eigenvalue weighted by atomic mass is 16.6. The number of rotatable bonds is 2. The molecule has 208 valence electrons. The molecule has 6 rings (SSSR count). The molecule has 5 aliphatic carbocycles. The summed E-state index contributed by atoms with van der Waals surface area (Å²) < 4.78 is 12.1. The van der Waals surface area contributed by atoms with Gasteiger partial charge in [0.25, 0.3) is 0 Å². The molecular formula is C32H45NO5. The van der Waals surface area contributed by atoms with Crippen LogP contribution in [0, 0.1) is 33.0 Å². The SMILES string of the molecule is CO[C@@]1(C)C2=CC=C3[C@@](C)(CC[C@@]4(C)[C@@H]5C[C@](C)(C(=O)O)CC[C@]5(C)CC[C@]34C)C2=CC2(O)OCCN=C21. The van der Waals surface area contributed by atoms with Crippen molar-refractivity contribution < 1.29 is 24.5 Å². The fourth-order valence-corrected chi connectivity index (χ4v) is 9.90. The zero-order valence-electron chi connectivity index (χ0n) is 24.2. The molecule has 3 saturated carbocycles. The summed E-state index contributed by atoms with van der Waals surface area (Å²) in [4.78, 5) is 17.1. The number of methoxy groups -OCH3 is 1. The average Bonchev–Trinajstić information content (AvgIpc) is 2.87. The zero-order chi connectivity index (χ0) is 27.6. The van der Waals surface area contributed by atoms with Crippen molar-refractivity contribution >= 4 is 11.7 Å². The summed E-state index contributed by atoms with van der Waals surface area (Å²) in [5.74, 6) is -1.88. The Morgan fingerprint density at radius 2 is 1.71 bits per heavy atom. The van der Waals surface area contributed by atoms with Gasteiger partial charge in [-0.25, -0.2) is 0 Å². The van der Waals surface area contributed by atoms with E-state index in [4.69, 9.17) is 14.5 Å². The van der Waals surface area contributed by atoms with Crippen molar-refractivity contribution in [3.05, 3.63) is 34.9 Å². The quantitative estimate of drug-likeness (QED) is 0.473. The number of carbonyl (C=O) groups is 1. The summed E-state index contributed by atoms with van der Waals surface area (Å²) in [5, 5.41) is 21.9. The molecule has 1 aliphatic heterocycles. The largest absolute Gasteiger partial charge is 0.481 e. The molecule has 0 spiro atoms. The Bertz CT molecular complexity index is 1230. The predicted octanol–water partition coefficient (Wildman–Crippen LogP) is 5.86. The number of nitrogens with zero attached hydrogens (tertiary/aromatic N) is 1. The number of aliphatic carboxylic acids is 1. The van der Waals surface area contributed by atoms with Gasteiger partial charge in [0.05, 0.1) is 18.6 Å². The lowest BCUT2D eigenvalue weighted by molar-refractivity contribution is -0.178. The molecule has 0 bridgehead atoms. The topological polar surface area (TPSA) is 88.4 Å². The molecule has 38 heavy (non-hydrogen) atoms. The minimum Gasteiger partial charge on any atom is -0.481 e. The Balaban J connectivity index is 1.50. The maximum Gasteiger partial charge on any atom is 0.309 e. The molecule has 0 aromatic rings. The van der Waals surface area contributed by atoms with Crippen molar-refractivity contribution in [2.75, 3.05) is 20.3 Å². The summed E-state index contributed by atoms with van der Waals surface area (Å²) in [6, 6.07) is 0. The maximum absolute atomic E-state index is 12.4. The van der Waals surface area contributed by atoms with E-state index in [1.165, 1.54) is 5.57 Å². The van der Waals surface area contributed by atoms with Gasteiger partial charge in [-0.1, -0.05) is 45.4 Å². The first kappa shape index (κ1) is 26.5. The molecule has 8 atom stereocenters. The highest BCUT2D eigenvalue weighted by molar-refractivity contribution is 6.05. The van der Waals surface area contributed by atoms with E-state index in [-0.39, 0.29) is 21.7 Å². The molecule has 3 fully saturated rings. The molecule has 2 N–H and O–H groups in total. The highest BCUT2D eigenvalue weighted by Gasteiger charge is 2.68. The number of carboxylic acids is 1. The van der Waals surface area contributed by atoms with Gasteiger partial charge in [0.1, 0.15) is 11.3 Å². The van der Waals surface area contributed by atoms with E-state index in [1.807, 2.05) is 19.9 Å². The Labute approximate surface area is 227 Å². The van der Waals surface area contributed by atoms with Crippen LogP contribution in [-0.4, -0.2) is 53.5 Å². The number of allylic oxidation sites excluding steroid dienone is 3. The molecule has 0 saturated heterocycles. The summed E-state index contributed by atoms with van der Waals surface area (Å²) >= 11 is 0. The lowest BCUT2D eigenvalue weighted by Crippen LogP contribution is -2.64. The van der Waals surface area contributed by atoms with Gasteiger partial charge in [-0.05, 0) is 98.2 Å². The second-order valence-electron chi connectivity index (χ2n) is 14.6. The lowest BCUT2D eigenvalue weighted by Gasteiger charge is -2.70. The molecule has 6 aliphatic rings. The van der Waals surface area contributed by atoms with Crippen molar-refractivity contribution in [3.8, 4) is 0 Å². The van der Waals surface area contributed by atoms with Crippen LogP contribution in [0.2, 0.25) is 0 Å². The van der Waals surface area contributed by atoms with E-state index < -0.39 is 22.8 Å². The summed E-state index contributed by atoms with van der Waals surface area (Å²) in [5.41, 5.74) is 2.36. The molecule has 0 aromatic carbocycles. The van der Waals surface area contributed by atoms with Gasteiger partial charge in [0.15, 0.2) is 0 Å². The van der Waals surface area contributed by atoms with E-state index >= 15 is 0 Å². The molecule has 1 heterocycles. The number of fused-ring (bicyclic) bond motifs is 8. The normalized spacial score (nSPS) is 51.5. The van der Waals surface area contributed by atoms with Crippen molar-refractivity contribution in [2.45, 2.75) is 97.9 Å². The van der Waals surface area contributed by atoms with Crippen molar-refractivity contribution in [2.24, 2.45) is 38.0 Å². The summed E-state index contributed by atoms with van der Waals surface area (Å²) in [7, 11) is 1.69. The minimum atomic E-state index is -1.57. The number of aliphatic hydroxyl groups is 1. The third-order valence-electron chi connectivity index (χ3n) is 12.9. The van der Waals surface area contributed by atoms with Crippen LogP contribution in [0.1, 0.15) is 86.5 Å². The van der Waals surface area contributed by atoms with Crippen LogP contribution < -0.4 is 0 Å². The first-order valence-corrected chi connectivity index (χ1v) is 14.5. The first-order valence-electron chi connectivity index (χ1n) is 14.5. The van der Waals surface area contributed by atoms with Crippen molar-refractivity contribution in [1.82, 2.24) is 0 Å². The first-order chi connectivity index (χ1) is 17.6. The van der Waals surface area contributed by atoms with Crippen LogP contribution >= 0.6 is 0 Å². The molecule has 0 radical (unpaired) electrons. The second kappa shape index (κ2) is 7.70. The lowest BCUT2D eigenvalue weighted by atomic mass is 9.34. The van der Waals surface area contributed by atoms with Gasteiger partial charge >= 0.3 is 5.97 Å². The van der Waals surface area contributed by atoms with Crippen LogP contribution in [0.3, 0.4) is 0 Å². The van der Waals surface area contributed by atoms with Crippen molar-refractivity contribution in [1.29, 1.82) is 0 Å². The maximum atomic E-state index is 12.4. The average molecular weight is 524 g/mol. The third-order valence-corrected chi connectivity index (χ3v) is 12.9. The minimum absolute atomic E-state index is 0.0154. The number of ether oxygens (including phenoxy) is 2. The molecule has 6 heteroatoms. The second-order valence-corrected chi connectivity index (χ2v) is 14.6. The van der Waals surface area contributed by atoms with E-state index in [0.717, 1.165) is 56.1 Å². The molecular weight excluding hydrogens is 478 g/mol. The van der Waals surface area contributed by atoms with Gasteiger partial charge in [-0.3, -0.25) is 9.79 Å². The van der Waals surface area contributed by atoms with Crippen LogP contribution in [-0.2, 0) is 14.3 Å². The van der Waals surface area contributed by atoms with Crippen LogP contribution in [0.25, 0.3) is 0 Å². The highest BCUT2D eigenvalue weighted by Crippen LogP contribution is 2.75. The monoisotopic (exact) mass is 523 g/mol. The van der Waals surface area contributed by atoms with Gasteiger partial charge in [0, 0.05) is 12.5 Å². The fourth-order valence-electron chi connectivity index (χ4n) is 9.90. The molecule has 0 amide bonds. The Morgan fingerprint density at radius 3 is 2.39 bits per heavy atom. The molecule has 0 aromatic heterocycles. The Morgan fingerprint density at radius 1 is 1.00 bits per heavy atom. The number of hydrogen-bond donors (Lipinski definition) is 2. The predicted molar refractivity (Wildman–Crippen MR) is 147 cm³/mol. The van der Waals surface area contributed by atoms with Gasteiger partial charge in [0.2, 0.25) is 5.79 Å². The fraction of sp³-hybridized carbons (Fsp3) is 0.750. The Hall–Kier alpha value is -1.76. The van der Waals surface area contributed by atoms with Crippen LogP contribution in [0.15, 0.2) is 39.9 Å². The van der Waals surface area contributed by atoms with E-state index in [9.17, 15) is 15.0 Å². The molecule has 6 nitrogen and oxygen atoms in total. The Kier molecular flexibility index (Phi) is 5.36. The van der Waals surface area contributed by atoms with E-state index in [2.05, 4.69) is 39.8 Å². The smallest absolute Gasteiger partial charge is 0.309 e. The number of hydrogen-bond acceptors (Lipinski definition) is 5. The molecule has 1 unspecified atom stereocenters. The number of carboxylic acid groups (broad SMARTS) is 1. The number of aliphatic imine (C=N–C) groups is 1. The van der Waals surface area contributed by atoms with E-state index in [1.54, 1.807) is 7.11 Å². The van der Waals surface area contributed by atoms with E-state index in [0.29, 0.717) is 24.8 Å². The zero-order valence-corrected chi connectivity index (χ0v) is 24.2. The van der Waals surface area contributed by atoms with Gasteiger partial charge in [-0.15, -0.1) is 0 Å². The third kappa shape index (κ3) is 3.00. The summed E-state index contributed by atoms with van der Waals surface area (Å²) in [6.45, 7) is 14.5. The standard InChI is InChI=1S/C32H45NO5/c1-26-10-11-27(2,25(34)35)19-23(26)30(5)15-13-28(3)21-18-32(36)24(33-16-17-38-32)31(6,37-7)20(21)8-9-22(28)29(30,4)14-12-26/h8-9,18,23,36H,10-17,19H2,1-7H3,(H,34,35)/t23-,26-,27-,28+,29-,30+,31+,32?/m1/s1. The van der Waals surface area contributed by atoms with Gasteiger partial charge in [-0.2, -0.15) is 0 Å². The van der Waals surface area contributed by atoms with Crippen LogP contribution in [0.4, 0.5) is 0 Å².